The van der Waals surface area contributed by atoms with Crippen LogP contribution in [0.4, 0.5) is 11.4 Å². The quantitative estimate of drug-likeness (QED) is 0.429. The van der Waals surface area contributed by atoms with Gasteiger partial charge in [0.05, 0.1) is 16.9 Å². The van der Waals surface area contributed by atoms with Gasteiger partial charge in [0.2, 0.25) is 0 Å². The third-order valence-corrected chi connectivity index (χ3v) is 5.09. The highest BCUT2D eigenvalue weighted by Gasteiger charge is 2.13. The Hall–Kier alpha value is -3.38. The lowest BCUT2D eigenvalue weighted by atomic mass is 10.1. The molecule has 0 unspecified atom stereocenters. The van der Waals surface area contributed by atoms with Gasteiger partial charge >= 0.3 is 0 Å². The average molecular weight is 374 g/mol. The van der Waals surface area contributed by atoms with E-state index in [4.69, 9.17) is 0 Å². The number of fused-ring (bicyclic) bond motifs is 1. The molecule has 1 amide bonds. The van der Waals surface area contributed by atoms with Gasteiger partial charge in [-0.05, 0) is 41.3 Å². The van der Waals surface area contributed by atoms with E-state index in [2.05, 4.69) is 27.2 Å². The van der Waals surface area contributed by atoms with E-state index in [1.165, 1.54) is 11.3 Å². The molecule has 0 atom stereocenters. The van der Waals surface area contributed by atoms with Crippen LogP contribution in [0.5, 0.6) is 0 Å². The van der Waals surface area contributed by atoms with Crippen molar-refractivity contribution < 1.29 is 4.79 Å². The molecule has 0 aliphatic carbocycles. The lowest BCUT2D eigenvalue weighted by molar-refractivity contribution is 0.0967. The van der Waals surface area contributed by atoms with Gasteiger partial charge in [-0.2, -0.15) is 0 Å². The lowest BCUT2D eigenvalue weighted by Gasteiger charge is -2.11. The summed E-state index contributed by atoms with van der Waals surface area (Å²) in [5.74, 6) is -0.170. The summed E-state index contributed by atoms with van der Waals surface area (Å²) in [7, 11) is 0. The molecule has 0 fully saturated rings. The van der Waals surface area contributed by atoms with Crippen molar-refractivity contribution in [2.24, 2.45) is 0 Å². The van der Waals surface area contributed by atoms with Gasteiger partial charge in [0.1, 0.15) is 4.88 Å². The first-order valence-corrected chi connectivity index (χ1v) is 9.44. The molecule has 0 bridgehead atoms. The number of nitrogens with zero attached hydrogens (tertiary/aromatic N) is 1. The van der Waals surface area contributed by atoms with Gasteiger partial charge in [0.25, 0.3) is 5.91 Å². The minimum atomic E-state index is -0.170. The van der Waals surface area contributed by atoms with Crippen molar-refractivity contribution in [2.75, 3.05) is 10.7 Å². The predicted molar refractivity (Wildman–Crippen MR) is 111 cm³/mol. The molecule has 4 aromatic rings. The first-order valence-electron chi connectivity index (χ1n) is 8.56. The van der Waals surface area contributed by atoms with Crippen LogP contribution in [0.15, 0.2) is 78.3 Å². The Morgan fingerprint density at radius 2 is 1.78 bits per heavy atom. The molecular formula is C21H18N4OS. The summed E-state index contributed by atoms with van der Waals surface area (Å²) in [5, 5.41) is 6.39. The highest BCUT2D eigenvalue weighted by Crippen LogP contribution is 2.24. The van der Waals surface area contributed by atoms with Gasteiger partial charge in [0.15, 0.2) is 0 Å². The number of amides is 1. The third-order valence-electron chi connectivity index (χ3n) is 4.17. The number of para-hydroxylation sites is 2. The molecule has 2 aromatic carbocycles. The van der Waals surface area contributed by atoms with Gasteiger partial charge < -0.3 is 5.32 Å². The molecule has 2 heterocycles. The van der Waals surface area contributed by atoms with Gasteiger partial charge in [0, 0.05) is 18.1 Å². The maximum atomic E-state index is 12.5. The number of pyridine rings is 1. The van der Waals surface area contributed by atoms with Crippen molar-refractivity contribution in [3.8, 4) is 0 Å². The molecule has 0 aliphatic heterocycles. The maximum absolute atomic E-state index is 12.5. The number of hydrogen-bond acceptors (Lipinski definition) is 5. The number of anilines is 2. The van der Waals surface area contributed by atoms with E-state index in [-0.39, 0.29) is 5.91 Å². The summed E-state index contributed by atoms with van der Waals surface area (Å²) in [6, 6.07) is 21.5. The van der Waals surface area contributed by atoms with Gasteiger partial charge in [-0.3, -0.25) is 20.6 Å². The van der Waals surface area contributed by atoms with Gasteiger partial charge in [-0.25, -0.2) is 0 Å². The van der Waals surface area contributed by atoms with E-state index in [0.717, 1.165) is 27.8 Å². The van der Waals surface area contributed by atoms with Crippen LogP contribution in [0, 0.1) is 0 Å². The largest absolute Gasteiger partial charge is 0.380 e. The lowest BCUT2D eigenvalue weighted by Crippen LogP contribution is -2.29. The Morgan fingerprint density at radius 3 is 2.67 bits per heavy atom. The minimum Gasteiger partial charge on any atom is -0.380 e. The Kier molecular flexibility index (Phi) is 4.98. The van der Waals surface area contributed by atoms with Crippen LogP contribution in [0.1, 0.15) is 15.2 Å². The van der Waals surface area contributed by atoms with Crippen molar-refractivity contribution in [1.29, 1.82) is 0 Å². The SMILES string of the molecule is O=C(NNc1ccccc1)c1sccc1NCc1ccnc2ccccc12. The van der Waals surface area contributed by atoms with Crippen molar-refractivity contribution in [2.45, 2.75) is 6.54 Å². The van der Waals surface area contributed by atoms with E-state index in [9.17, 15) is 4.79 Å². The predicted octanol–water partition coefficient (Wildman–Crippen LogP) is 4.67. The number of thiophene rings is 1. The number of nitrogens with one attached hydrogen (secondary N) is 3. The van der Waals surface area contributed by atoms with Crippen molar-refractivity contribution in [1.82, 2.24) is 10.4 Å². The van der Waals surface area contributed by atoms with Crippen LogP contribution < -0.4 is 16.2 Å². The fourth-order valence-electron chi connectivity index (χ4n) is 2.83. The monoisotopic (exact) mass is 374 g/mol. The second-order valence-electron chi connectivity index (χ2n) is 5.95. The summed E-state index contributed by atoms with van der Waals surface area (Å²) in [6.07, 6.45) is 1.81. The van der Waals surface area contributed by atoms with Crippen LogP contribution in [0.25, 0.3) is 10.9 Å². The Balaban J connectivity index is 1.45. The van der Waals surface area contributed by atoms with Gasteiger partial charge in [-0.15, -0.1) is 11.3 Å². The molecule has 3 N–H and O–H groups in total. The summed E-state index contributed by atoms with van der Waals surface area (Å²) < 4.78 is 0. The summed E-state index contributed by atoms with van der Waals surface area (Å²) in [5.41, 5.74) is 9.42. The summed E-state index contributed by atoms with van der Waals surface area (Å²) in [6.45, 7) is 0.617. The summed E-state index contributed by atoms with van der Waals surface area (Å²) in [4.78, 5) is 17.5. The van der Waals surface area contributed by atoms with E-state index in [0.29, 0.717) is 11.4 Å². The van der Waals surface area contributed by atoms with Crippen molar-refractivity contribution in [3.05, 3.63) is 88.7 Å². The zero-order valence-electron chi connectivity index (χ0n) is 14.5. The third kappa shape index (κ3) is 3.91. The van der Waals surface area contributed by atoms with Crippen LogP contribution in [0.2, 0.25) is 0 Å². The number of aromatic nitrogens is 1. The molecular weight excluding hydrogens is 356 g/mol. The Labute approximate surface area is 161 Å². The number of hydrazine groups is 1. The van der Waals surface area contributed by atoms with E-state index < -0.39 is 0 Å². The van der Waals surface area contributed by atoms with E-state index in [1.807, 2.05) is 72.2 Å². The number of carbonyl (C=O) groups is 1. The molecule has 0 aliphatic rings. The standard InChI is InChI=1S/C21H18N4OS/c26-21(25-24-16-6-2-1-3-7-16)20-19(11-13-27-20)23-14-15-10-12-22-18-9-5-4-8-17(15)18/h1-13,23-24H,14H2,(H,25,26). The number of rotatable bonds is 6. The average Bonchev–Trinajstić information content (AvgIpc) is 3.20. The van der Waals surface area contributed by atoms with E-state index in [1.54, 1.807) is 0 Å². The zero-order valence-corrected chi connectivity index (χ0v) is 15.3. The smallest absolute Gasteiger partial charge is 0.281 e. The van der Waals surface area contributed by atoms with Crippen LogP contribution in [-0.4, -0.2) is 10.9 Å². The van der Waals surface area contributed by atoms with E-state index >= 15 is 0 Å². The molecule has 2 aromatic heterocycles. The fraction of sp³-hybridized carbons (Fsp3) is 0.0476. The molecule has 4 rings (SSSR count). The molecule has 0 radical (unpaired) electrons. The van der Waals surface area contributed by atoms with Crippen molar-refractivity contribution in [3.63, 3.8) is 0 Å². The van der Waals surface area contributed by atoms with Gasteiger partial charge in [-0.1, -0.05) is 36.4 Å². The number of carbonyl (C=O) groups excluding carboxylic acids is 1. The molecule has 27 heavy (non-hydrogen) atoms. The number of benzene rings is 2. The zero-order chi connectivity index (χ0) is 18.5. The fourth-order valence-corrected chi connectivity index (χ4v) is 3.60. The van der Waals surface area contributed by atoms with Crippen LogP contribution >= 0.6 is 11.3 Å². The molecule has 5 nitrogen and oxygen atoms in total. The molecule has 0 saturated carbocycles. The summed E-state index contributed by atoms with van der Waals surface area (Å²) >= 11 is 1.40. The Bertz CT molecular complexity index is 1060. The minimum absolute atomic E-state index is 0.170. The highest BCUT2D eigenvalue weighted by atomic mass is 32.1. The first-order chi connectivity index (χ1) is 13.3. The van der Waals surface area contributed by atoms with Crippen LogP contribution in [0.3, 0.4) is 0 Å². The first kappa shape index (κ1) is 17.1. The molecule has 6 heteroatoms. The molecule has 134 valence electrons. The van der Waals surface area contributed by atoms with Crippen LogP contribution in [-0.2, 0) is 6.54 Å². The second kappa shape index (κ2) is 7.88. The molecule has 0 spiro atoms. The number of hydrogen-bond donors (Lipinski definition) is 3. The maximum Gasteiger partial charge on any atom is 0.281 e. The normalized spacial score (nSPS) is 10.5. The molecule has 0 saturated heterocycles. The highest BCUT2D eigenvalue weighted by molar-refractivity contribution is 7.12. The Morgan fingerprint density at radius 1 is 0.963 bits per heavy atom. The van der Waals surface area contributed by atoms with Crippen molar-refractivity contribution >= 4 is 39.5 Å². The topological polar surface area (TPSA) is 66.1 Å². The second-order valence-corrected chi connectivity index (χ2v) is 6.87.